The number of rotatable bonds is 13. The van der Waals surface area contributed by atoms with Crippen molar-refractivity contribution in [1.82, 2.24) is 10.6 Å². The number of aryl methyl sites for hydroxylation is 1. The number of nitrogens with two attached hydrogens (primary N) is 3. The lowest BCUT2D eigenvalue weighted by Gasteiger charge is -2.11. The number of fused-ring (bicyclic) bond motifs is 3. The molecular formula is C30H40ClN7O. The van der Waals surface area contributed by atoms with Crippen LogP contribution in [0, 0.1) is 0 Å². The number of pyridine rings is 1. The zero-order valence-electron chi connectivity index (χ0n) is 22.6. The number of nitrogens with zero attached hydrogens (tertiary/aromatic N) is 1. The van der Waals surface area contributed by atoms with Gasteiger partial charge in [0, 0.05) is 47.0 Å². The number of hydrogen-bond acceptors (Lipinski definition) is 6. The molecular weight excluding hydrogens is 510 g/mol. The third-order valence-electron chi connectivity index (χ3n) is 6.79. The first-order valence-corrected chi connectivity index (χ1v) is 13.4. The number of unbranched alkanes of at least 4 members (excludes halogenated alkanes) is 1. The average Bonchev–Trinajstić information content (AvgIpc) is 2.91. The predicted octanol–water partition coefficient (Wildman–Crippen LogP) is 0.290. The first kappa shape index (κ1) is 30.1. The number of benzene rings is 3. The van der Waals surface area contributed by atoms with Gasteiger partial charge in [0.1, 0.15) is 7.05 Å². The van der Waals surface area contributed by atoms with E-state index in [1.54, 1.807) is 0 Å². The van der Waals surface area contributed by atoms with Gasteiger partial charge in [-0.2, -0.15) is 4.57 Å². The molecule has 1 heterocycles. The highest BCUT2D eigenvalue weighted by Gasteiger charge is 2.21. The minimum Gasteiger partial charge on any atom is -1.00 e. The lowest BCUT2D eigenvalue weighted by atomic mass is 9.98. The summed E-state index contributed by atoms with van der Waals surface area (Å²) in [5.74, 6) is -0.00124. The van der Waals surface area contributed by atoms with Gasteiger partial charge in [0.2, 0.25) is 17.1 Å². The van der Waals surface area contributed by atoms with E-state index in [-0.39, 0.29) is 18.3 Å². The summed E-state index contributed by atoms with van der Waals surface area (Å²) >= 11 is 0. The number of aromatic nitrogens is 1. The van der Waals surface area contributed by atoms with Crippen molar-refractivity contribution in [2.45, 2.75) is 25.7 Å². The molecule has 208 valence electrons. The van der Waals surface area contributed by atoms with Crippen LogP contribution in [-0.4, -0.2) is 38.6 Å². The Balaban J connectivity index is 0.00000420. The van der Waals surface area contributed by atoms with E-state index in [0.29, 0.717) is 18.7 Å². The number of carbonyl (C=O) groups is 1. The molecule has 4 rings (SSSR count). The van der Waals surface area contributed by atoms with Gasteiger partial charge in [-0.25, -0.2) is 0 Å². The molecule has 3 aromatic carbocycles. The second kappa shape index (κ2) is 14.6. The Hall–Kier alpha value is -3.43. The van der Waals surface area contributed by atoms with Crippen LogP contribution in [0.2, 0.25) is 0 Å². The van der Waals surface area contributed by atoms with Crippen LogP contribution in [0.4, 0.5) is 17.1 Å². The molecule has 9 heteroatoms. The maximum Gasteiger partial charge on any atom is 0.225 e. The number of halogens is 1. The average molecular weight is 550 g/mol. The molecule has 0 aliphatic rings. The van der Waals surface area contributed by atoms with Crippen LogP contribution in [0.1, 0.15) is 25.7 Å². The molecule has 9 N–H and O–H groups in total. The zero-order valence-corrected chi connectivity index (χ0v) is 23.4. The molecule has 0 fully saturated rings. The van der Waals surface area contributed by atoms with Crippen LogP contribution in [0.3, 0.4) is 0 Å². The maximum atomic E-state index is 12.4. The van der Waals surface area contributed by atoms with Crippen LogP contribution in [-0.2, 0) is 11.8 Å². The molecule has 0 aliphatic carbocycles. The second-order valence-electron chi connectivity index (χ2n) is 9.71. The van der Waals surface area contributed by atoms with Crippen molar-refractivity contribution in [3.05, 3.63) is 60.7 Å². The van der Waals surface area contributed by atoms with E-state index in [1.807, 2.05) is 55.6 Å². The predicted molar refractivity (Wildman–Crippen MR) is 159 cm³/mol. The van der Waals surface area contributed by atoms with E-state index in [0.717, 1.165) is 89.7 Å². The Bertz CT molecular complexity index is 1390. The summed E-state index contributed by atoms with van der Waals surface area (Å²) < 4.78 is 2.16. The Morgan fingerprint density at radius 1 is 0.769 bits per heavy atom. The first-order chi connectivity index (χ1) is 18.5. The molecule has 0 saturated carbocycles. The number of carbonyl (C=O) groups excluding carboxylic acids is 1. The van der Waals surface area contributed by atoms with Gasteiger partial charge in [-0.05, 0) is 94.0 Å². The lowest BCUT2D eigenvalue weighted by molar-refractivity contribution is -0.632. The molecule has 0 unspecified atom stereocenters. The molecule has 0 radical (unpaired) electrons. The van der Waals surface area contributed by atoms with E-state index in [2.05, 4.69) is 32.7 Å². The monoisotopic (exact) mass is 549 g/mol. The summed E-state index contributed by atoms with van der Waals surface area (Å²) in [6, 6.07) is 19.9. The maximum absolute atomic E-state index is 12.4. The smallest absolute Gasteiger partial charge is 0.225 e. The van der Waals surface area contributed by atoms with E-state index in [1.165, 1.54) is 0 Å². The minimum atomic E-state index is -0.00124. The summed E-state index contributed by atoms with van der Waals surface area (Å²) in [6.07, 6.45) is 3.64. The van der Waals surface area contributed by atoms with Crippen LogP contribution < -0.4 is 50.1 Å². The lowest BCUT2D eigenvalue weighted by Crippen LogP contribution is -3.00. The van der Waals surface area contributed by atoms with Crippen LogP contribution in [0.5, 0.6) is 0 Å². The van der Waals surface area contributed by atoms with E-state index < -0.39 is 0 Å². The molecule has 0 atom stereocenters. The van der Waals surface area contributed by atoms with Gasteiger partial charge < -0.3 is 45.6 Å². The van der Waals surface area contributed by atoms with Crippen molar-refractivity contribution in [1.29, 1.82) is 0 Å². The summed E-state index contributed by atoms with van der Waals surface area (Å²) in [6.45, 7) is 4.28. The number of anilines is 3. The second-order valence-corrected chi connectivity index (χ2v) is 9.71. The quantitative estimate of drug-likeness (QED) is 0.0614. The van der Waals surface area contributed by atoms with E-state index in [4.69, 9.17) is 17.2 Å². The number of amides is 1. The molecule has 1 amide bonds. The fourth-order valence-corrected chi connectivity index (χ4v) is 4.81. The number of nitrogen functional groups attached to an aromatic ring is 2. The SMILES string of the molecule is C[n+]1c(-c2ccc(NC(=O)CCNCCCCNCCCN)cc2)c2cc(N)ccc2c2ccc(N)cc21.[Cl-]. The third kappa shape index (κ3) is 7.80. The molecule has 8 nitrogen and oxygen atoms in total. The topological polar surface area (TPSA) is 135 Å². The Kier molecular flexibility index (Phi) is 11.3. The van der Waals surface area contributed by atoms with Crippen molar-refractivity contribution < 1.29 is 21.8 Å². The van der Waals surface area contributed by atoms with Crippen molar-refractivity contribution in [3.63, 3.8) is 0 Å². The normalized spacial score (nSPS) is 11.0. The summed E-state index contributed by atoms with van der Waals surface area (Å²) in [5.41, 5.74) is 23.1. The van der Waals surface area contributed by atoms with Gasteiger partial charge in [0.05, 0.1) is 10.8 Å². The summed E-state index contributed by atoms with van der Waals surface area (Å²) in [5, 5.41) is 13.0. The van der Waals surface area contributed by atoms with Gasteiger partial charge in [-0.15, -0.1) is 0 Å². The van der Waals surface area contributed by atoms with Crippen molar-refractivity contribution in [2.24, 2.45) is 12.8 Å². The molecule has 0 saturated heterocycles. The van der Waals surface area contributed by atoms with Crippen molar-refractivity contribution >= 4 is 44.6 Å². The number of hydrogen-bond donors (Lipinski definition) is 6. The Labute approximate surface area is 236 Å². The van der Waals surface area contributed by atoms with Crippen LogP contribution in [0.25, 0.3) is 32.9 Å². The standard InChI is InChI=1S/C30H39N7O.ClH/c1-37-28-20-23(33)8-12-26(28)25-11-7-22(32)19-27(25)30(37)21-5-9-24(10-6-21)36-29(38)13-18-35-16-3-2-15-34-17-4-14-31;/h5-12,19-20,34-35H,2-4,13-18,31-32H2,1H3,(H2,33,36,38);1H. The fraction of sp³-hybridized carbons (Fsp3) is 0.333. The van der Waals surface area contributed by atoms with Gasteiger partial charge >= 0.3 is 0 Å². The number of nitrogens with one attached hydrogen (secondary N) is 3. The van der Waals surface area contributed by atoms with E-state index in [9.17, 15) is 4.79 Å². The zero-order chi connectivity index (χ0) is 26.9. The Morgan fingerprint density at radius 2 is 1.38 bits per heavy atom. The van der Waals surface area contributed by atoms with E-state index >= 15 is 0 Å². The van der Waals surface area contributed by atoms with Crippen LogP contribution >= 0.6 is 0 Å². The summed E-state index contributed by atoms with van der Waals surface area (Å²) in [4.78, 5) is 12.4. The minimum absolute atomic E-state index is 0. The molecule has 39 heavy (non-hydrogen) atoms. The molecule has 0 bridgehead atoms. The Morgan fingerprint density at radius 3 is 2.08 bits per heavy atom. The fourth-order valence-electron chi connectivity index (χ4n) is 4.81. The highest BCUT2D eigenvalue weighted by Crippen LogP contribution is 2.33. The first-order valence-electron chi connectivity index (χ1n) is 13.4. The highest BCUT2D eigenvalue weighted by atomic mass is 35.5. The van der Waals surface area contributed by atoms with Crippen molar-refractivity contribution in [2.75, 3.05) is 49.5 Å². The van der Waals surface area contributed by atoms with Gasteiger partial charge in [0.15, 0.2) is 0 Å². The molecule has 0 aliphatic heterocycles. The van der Waals surface area contributed by atoms with Crippen molar-refractivity contribution in [3.8, 4) is 11.3 Å². The molecule has 1 aromatic heterocycles. The van der Waals surface area contributed by atoms with Gasteiger partial charge in [0.25, 0.3) is 0 Å². The highest BCUT2D eigenvalue weighted by molar-refractivity contribution is 6.10. The van der Waals surface area contributed by atoms with Gasteiger partial charge in [-0.3, -0.25) is 4.79 Å². The molecule has 0 spiro atoms. The largest absolute Gasteiger partial charge is 1.00 e. The van der Waals surface area contributed by atoms with Crippen LogP contribution in [0.15, 0.2) is 60.7 Å². The third-order valence-corrected chi connectivity index (χ3v) is 6.79. The molecule has 4 aromatic rings. The summed E-state index contributed by atoms with van der Waals surface area (Å²) in [7, 11) is 2.04. The van der Waals surface area contributed by atoms with Gasteiger partial charge in [-0.1, -0.05) is 6.07 Å².